The molecular weight excluding hydrogens is 362 g/mol. The summed E-state index contributed by atoms with van der Waals surface area (Å²) in [6.07, 6.45) is 0. The summed E-state index contributed by atoms with van der Waals surface area (Å²) in [6, 6.07) is 1.37. The van der Waals surface area contributed by atoms with E-state index in [1.807, 2.05) is 0 Å². The third kappa shape index (κ3) is 3.46. The molecular formula is C10H15BrClNO3S2. The van der Waals surface area contributed by atoms with Crippen LogP contribution in [0.3, 0.4) is 0 Å². The summed E-state index contributed by atoms with van der Waals surface area (Å²) in [5.41, 5.74) is -2.20. The highest BCUT2D eigenvalue weighted by Gasteiger charge is 2.39. The van der Waals surface area contributed by atoms with E-state index in [2.05, 4.69) is 20.7 Å². The Morgan fingerprint density at radius 3 is 2.22 bits per heavy atom. The van der Waals surface area contributed by atoms with Crippen LogP contribution >= 0.6 is 38.9 Å². The summed E-state index contributed by atoms with van der Waals surface area (Å²) in [6.45, 7) is 6.34. The first-order chi connectivity index (χ1) is 7.87. The molecule has 0 unspecified atom stereocenters. The summed E-state index contributed by atoms with van der Waals surface area (Å²) in [4.78, 5) is 0. The maximum absolute atomic E-state index is 12.2. The SMILES string of the molecule is CC(C)(O)C(C)(C)NS(=O)(=O)c1cc(Cl)c(Br)s1. The standard InChI is InChI=1S/C10H15BrClNO3S2/c1-9(2,10(3,4)14)13-18(15,16)7-5-6(12)8(11)17-7/h5,13-14H,1-4H3. The van der Waals surface area contributed by atoms with Crippen molar-refractivity contribution in [2.24, 2.45) is 0 Å². The van der Waals surface area contributed by atoms with Crippen molar-refractivity contribution in [1.29, 1.82) is 0 Å². The molecule has 0 amide bonds. The molecule has 0 bridgehead atoms. The fourth-order valence-corrected chi connectivity index (χ4v) is 4.90. The van der Waals surface area contributed by atoms with E-state index in [4.69, 9.17) is 11.6 Å². The zero-order valence-electron chi connectivity index (χ0n) is 10.4. The number of thiophene rings is 1. The zero-order chi connectivity index (χ0) is 14.4. The molecule has 0 aliphatic carbocycles. The minimum atomic E-state index is -3.71. The molecule has 0 spiro atoms. The molecule has 1 aromatic rings. The molecule has 8 heteroatoms. The molecule has 0 saturated heterocycles. The quantitative estimate of drug-likeness (QED) is 0.849. The van der Waals surface area contributed by atoms with Gasteiger partial charge >= 0.3 is 0 Å². The van der Waals surface area contributed by atoms with E-state index >= 15 is 0 Å². The summed E-state index contributed by atoms with van der Waals surface area (Å²) < 4.78 is 27.5. The van der Waals surface area contributed by atoms with Gasteiger partial charge in [0, 0.05) is 0 Å². The predicted octanol–water partition coefficient (Wildman–Crippen LogP) is 2.99. The Bertz CT molecular complexity index is 526. The first-order valence-electron chi connectivity index (χ1n) is 5.08. The summed E-state index contributed by atoms with van der Waals surface area (Å²) in [5, 5.41) is 10.3. The van der Waals surface area contributed by atoms with Crippen molar-refractivity contribution >= 4 is 48.9 Å². The third-order valence-corrected chi connectivity index (χ3v) is 7.41. The maximum Gasteiger partial charge on any atom is 0.250 e. The molecule has 0 saturated carbocycles. The lowest BCUT2D eigenvalue weighted by Gasteiger charge is -2.37. The molecule has 0 aliphatic rings. The number of nitrogens with one attached hydrogen (secondary N) is 1. The highest BCUT2D eigenvalue weighted by Crippen LogP contribution is 2.35. The highest BCUT2D eigenvalue weighted by atomic mass is 79.9. The van der Waals surface area contributed by atoms with Crippen LogP contribution in [0.4, 0.5) is 0 Å². The summed E-state index contributed by atoms with van der Waals surface area (Å²) >= 11 is 10.0. The number of hydrogen-bond acceptors (Lipinski definition) is 4. The molecule has 18 heavy (non-hydrogen) atoms. The lowest BCUT2D eigenvalue weighted by Crippen LogP contribution is -2.57. The molecule has 0 atom stereocenters. The first kappa shape index (κ1) is 16.4. The lowest BCUT2D eigenvalue weighted by molar-refractivity contribution is 0.00641. The van der Waals surface area contributed by atoms with Crippen LogP contribution in [-0.2, 0) is 10.0 Å². The highest BCUT2D eigenvalue weighted by molar-refractivity contribution is 9.11. The van der Waals surface area contributed by atoms with Crippen LogP contribution in [0.2, 0.25) is 5.02 Å². The Morgan fingerprint density at radius 1 is 1.39 bits per heavy atom. The van der Waals surface area contributed by atoms with Gasteiger partial charge in [0.25, 0.3) is 10.0 Å². The second kappa shape index (κ2) is 5.03. The number of halogens is 2. The van der Waals surface area contributed by atoms with E-state index in [-0.39, 0.29) is 4.21 Å². The van der Waals surface area contributed by atoms with Crippen LogP contribution in [0.1, 0.15) is 27.7 Å². The largest absolute Gasteiger partial charge is 0.389 e. The lowest BCUT2D eigenvalue weighted by atomic mass is 9.87. The molecule has 104 valence electrons. The van der Waals surface area contributed by atoms with Crippen molar-refractivity contribution in [3.63, 3.8) is 0 Å². The minimum absolute atomic E-state index is 0.108. The Morgan fingerprint density at radius 2 is 1.89 bits per heavy atom. The second-order valence-corrected chi connectivity index (χ2v) is 9.66. The summed E-state index contributed by atoms with van der Waals surface area (Å²) in [5.74, 6) is 0. The van der Waals surface area contributed by atoms with E-state index in [0.29, 0.717) is 8.81 Å². The van der Waals surface area contributed by atoms with Crippen LogP contribution in [0.5, 0.6) is 0 Å². The van der Waals surface area contributed by atoms with Gasteiger partial charge in [-0.25, -0.2) is 13.1 Å². The van der Waals surface area contributed by atoms with Gasteiger partial charge in [0.2, 0.25) is 0 Å². The Kier molecular flexibility index (Phi) is 4.58. The Hall–Kier alpha value is 0.340. The maximum atomic E-state index is 12.2. The topological polar surface area (TPSA) is 66.4 Å². The normalized spacial score (nSPS) is 13.9. The Labute approximate surface area is 125 Å². The molecule has 4 nitrogen and oxygen atoms in total. The third-order valence-electron chi connectivity index (χ3n) is 2.81. The van der Waals surface area contributed by atoms with Crippen LogP contribution in [-0.4, -0.2) is 24.7 Å². The van der Waals surface area contributed by atoms with Gasteiger partial charge in [0.1, 0.15) is 4.21 Å². The summed E-state index contributed by atoms with van der Waals surface area (Å²) in [7, 11) is -3.71. The van der Waals surface area contributed by atoms with Crippen molar-refractivity contribution in [3.8, 4) is 0 Å². The molecule has 0 radical (unpaired) electrons. The molecule has 1 aromatic heterocycles. The smallest absolute Gasteiger partial charge is 0.250 e. The van der Waals surface area contributed by atoms with Gasteiger partial charge in [-0.1, -0.05) is 11.6 Å². The van der Waals surface area contributed by atoms with E-state index in [1.54, 1.807) is 27.7 Å². The fraction of sp³-hybridized carbons (Fsp3) is 0.600. The molecule has 1 rings (SSSR count). The van der Waals surface area contributed by atoms with Crippen LogP contribution in [0.15, 0.2) is 14.1 Å². The van der Waals surface area contributed by atoms with Gasteiger partial charge in [-0.3, -0.25) is 0 Å². The number of rotatable bonds is 4. The van der Waals surface area contributed by atoms with Gasteiger partial charge < -0.3 is 5.11 Å². The van der Waals surface area contributed by atoms with Crippen molar-refractivity contribution < 1.29 is 13.5 Å². The molecule has 2 N–H and O–H groups in total. The van der Waals surface area contributed by atoms with Gasteiger partial charge in [-0.05, 0) is 49.7 Å². The van der Waals surface area contributed by atoms with E-state index < -0.39 is 21.2 Å². The average molecular weight is 377 g/mol. The van der Waals surface area contributed by atoms with Crippen LogP contribution in [0, 0.1) is 0 Å². The van der Waals surface area contributed by atoms with Crippen molar-refractivity contribution in [1.82, 2.24) is 4.72 Å². The monoisotopic (exact) mass is 375 g/mol. The Balaban J connectivity index is 3.10. The van der Waals surface area contributed by atoms with Gasteiger partial charge in [0.05, 0.1) is 19.9 Å². The molecule has 0 aliphatic heterocycles. The molecule has 0 fully saturated rings. The van der Waals surface area contributed by atoms with Crippen LogP contribution in [0.25, 0.3) is 0 Å². The number of aliphatic hydroxyl groups is 1. The van der Waals surface area contributed by atoms with E-state index in [9.17, 15) is 13.5 Å². The predicted molar refractivity (Wildman–Crippen MR) is 77.7 cm³/mol. The molecule has 1 heterocycles. The molecule has 0 aromatic carbocycles. The minimum Gasteiger partial charge on any atom is -0.389 e. The number of hydrogen-bond donors (Lipinski definition) is 2. The zero-order valence-corrected chi connectivity index (χ0v) is 14.4. The average Bonchev–Trinajstić information content (AvgIpc) is 2.43. The van der Waals surface area contributed by atoms with Crippen molar-refractivity contribution in [3.05, 3.63) is 14.9 Å². The van der Waals surface area contributed by atoms with E-state index in [1.165, 1.54) is 6.07 Å². The van der Waals surface area contributed by atoms with E-state index in [0.717, 1.165) is 11.3 Å². The van der Waals surface area contributed by atoms with Crippen molar-refractivity contribution in [2.45, 2.75) is 43.0 Å². The van der Waals surface area contributed by atoms with Crippen molar-refractivity contribution in [2.75, 3.05) is 0 Å². The van der Waals surface area contributed by atoms with Crippen LogP contribution < -0.4 is 4.72 Å². The van der Waals surface area contributed by atoms with Gasteiger partial charge in [0.15, 0.2) is 0 Å². The fourth-order valence-electron chi connectivity index (χ4n) is 0.970. The second-order valence-electron chi connectivity index (χ2n) is 4.98. The van der Waals surface area contributed by atoms with Gasteiger partial charge in [-0.2, -0.15) is 0 Å². The van der Waals surface area contributed by atoms with Gasteiger partial charge in [-0.15, -0.1) is 11.3 Å². The first-order valence-corrected chi connectivity index (χ1v) is 8.55. The number of sulfonamides is 1.